The van der Waals surface area contributed by atoms with E-state index in [0.717, 1.165) is 5.56 Å². The molecule has 144 valence electrons. The first-order valence-electron chi connectivity index (χ1n) is 8.84. The van der Waals surface area contributed by atoms with Crippen LogP contribution in [0.2, 0.25) is 0 Å². The van der Waals surface area contributed by atoms with Crippen molar-refractivity contribution in [3.63, 3.8) is 0 Å². The zero-order valence-corrected chi connectivity index (χ0v) is 16.1. The van der Waals surface area contributed by atoms with Gasteiger partial charge in [-0.2, -0.15) is 12.6 Å². The van der Waals surface area contributed by atoms with Gasteiger partial charge in [0.15, 0.2) is 0 Å². The molecule has 2 aromatic carbocycles. The average molecular weight is 388 g/mol. The third kappa shape index (κ3) is 6.12. The smallest absolute Gasteiger partial charge is 0.328 e. The van der Waals surface area contributed by atoms with Gasteiger partial charge in [0.25, 0.3) is 0 Å². The lowest BCUT2D eigenvalue weighted by Crippen LogP contribution is -2.47. The number of carboxylic acid groups (broad SMARTS) is 1. The Morgan fingerprint density at radius 3 is 2.07 bits per heavy atom. The van der Waals surface area contributed by atoms with Crippen LogP contribution in [-0.2, 0) is 16.0 Å². The van der Waals surface area contributed by atoms with Crippen LogP contribution in [0.25, 0.3) is 0 Å². The molecular formula is C21H25NO4S. The van der Waals surface area contributed by atoms with Crippen molar-refractivity contribution in [3.05, 3.63) is 71.3 Å². The first-order valence-corrected chi connectivity index (χ1v) is 9.47. The summed E-state index contributed by atoms with van der Waals surface area (Å²) in [4.78, 5) is 23.0. The van der Waals surface area contributed by atoms with Crippen LogP contribution >= 0.6 is 12.6 Å². The van der Waals surface area contributed by atoms with Gasteiger partial charge < -0.3 is 15.5 Å². The molecule has 0 aromatic heterocycles. The highest BCUT2D eigenvalue weighted by atomic mass is 32.1. The van der Waals surface area contributed by atoms with Crippen LogP contribution in [0.1, 0.15) is 29.5 Å². The lowest BCUT2D eigenvalue weighted by Gasteiger charge is -2.23. The summed E-state index contributed by atoms with van der Waals surface area (Å²) in [6, 6.07) is 16.7. The summed E-state index contributed by atoms with van der Waals surface area (Å²) < 4.78 is 0. The average Bonchev–Trinajstić information content (AvgIpc) is 3.47. The van der Waals surface area contributed by atoms with E-state index in [-0.39, 0.29) is 5.92 Å². The molecule has 3 unspecified atom stereocenters. The molecule has 3 rings (SSSR count). The summed E-state index contributed by atoms with van der Waals surface area (Å²) in [7, 11) is 0. The molecule has 0 spiro atoms. The van der Waals surface area contributed by atoms with E-state index in [1.54, 1.807) is 0 Å². The highest BCUT2D eigenvalue weighted by molar-refractivity contribution is 7.80. The molecule has 0 heterocycles. The number of aliphatic hydroxyl groups excluding tert-OH is 1. The minimum Gasteiger partial charge on any atom is -0.480 e. The lowest BCUT2D eigenvalue weighted by molar-refractivity contribution is -0.143. The number of hydrogen-bond acceptors (Lipinski definition) is 4. The van der Waals surface area contributed by atoms with Gasteiger partial charge in [-0.3, -0.25) is 4.79 Å². The normalized spacial score (nSPS) is 14.6. The maximum Gasteiger partial charge on any atom is 0.328 e. The molecule has 0 fully saturated rings. The molecule has 5 nitrogen and oxygen atoms in total. The summed E-state index contributed by atoms with van der Waals surface area (Å²) in [5, 5.41) is 20.1. The van der Waals surface area contributed by atoms with Gasteiger partial charge in [-0.15, -0.1) is 0 Å². The van der Waals surface area contributed by atoms with Crippen molar-refractivity contribution in [1.29, 1.82) is 0 Å². The second-order valence-corrected chi connectivity index (χ2v) is 6.88. The molecule has 6 heteroatoms. The highest BCUT2D eigenvalue weighted by Crippen LogP contribution is 2.26. The number of benzene rings is 2. The van der Waals surface area contributed by atoms with E-state index >= 15 is 0 Å². The standard InChI is InChI=1S/C14H19NO4S.C7H6/c1-9(10-5-3-2-4-6-10)11(8-20)13(17)15-12(7-16)14(18)19;1-2-4-7-5-6(7)3-1/h2-6,9,11-12,16,20H,7-8H2,1H3,(H,15,17)(H,18,19);1-4H,5H2. The number of rotatable bonds is 7. The van der Waals surface area contributed by atoms with E-state index < -0.39 is 30.4 Å². The zero-order chi connectivity index (χ0) is 19.8. The third-order valence-corrected chi connectivity index (χ3v) is 5.03. The fraction of sp³-hybridized carbons (Fsp3) is 0.333. The van der Waals surface area contributed by atoms with Gasteiger partial charge in [0, 0.05) is 5.75 Å². The number of hydrogen-bond donors (Lipinski definition) is 4. The molecule has 0 aliphatic heterocycles. The van der Waals surface area contributed by atoms with E-state index in [1.165, 1.54) is 17.5 Å². The van der Waals surface area contributed by atoms with Crippen molar-refractivity contribution < 1.29 is 19.8 Å². The number of carboxylic acids is 1. The van der Waals surface area contributed by atoms with Gasteiger partial charge in [-0.05, 0) is 29.0 Å². The molecule has 0 saturated heterocycles. The molecule has 1 amide bonds. The maximum atomic E-state index is 12.1. The SMILES string of the molecule is CC(c1ccccc1)C(CS)C(=O)NC(CO)C(=O)O.c1ccc2c(c1)C2. The first-order chi connectivity index (χ1) is 13.0. The number of amides is 1. The summed E-state index contributed by atoms with van der Waals surface area (Å²) in [6.07, 6.45) is 1.24. The molecule has 0 radical (unpaired) electrons. The maximum absolute atomic E-state index is 12.1. The van der Waals surface area contributed by atoms with E-state index in [0.29, 0.717) is 5.75 Å². The van der Waals surface area contributed by atoms with Crippen molar-refractivity contribution in [2.45, 2.75) is 25.3 Å². The molecular weight excluding hydrogens is 362 g/mol. The molecule has 0 saturated carbocycles. The predicted octanol–water partition coefficient (Wildman–Crippen LogP) is 2.49. The van der Waals surface area contributed by atoms with Gasteiger partial charge in [-0.25, -0.2) is 4.79 Å². The number of aliphatic hydroxyl groups is 1. The van der Waals surface area contributed by atoms with Crippen molar-refractivity contribution in [3.8, 4) is 0 Å². The van der Waals surface area contributed by atoms with Gasteiger partial charge in [0.05, 0.1) is 12.5 Å². The highest BCUT2D eigenvalue weighted by Gasteiger charge is 2.28. The molecule has 3 N–H and O–H groups in total. The zero-order valence-electron chi connectivity index (χ0n) is 15.2. The van der Waals surface area contributed by atoms with Gasteiger partial charge in [-0.1, -0.05) is 61.5 Å². The number of carbonyl (C=O) groups is 2. The van der Waals surface area contributed by atoms with Gasteiger partial charge in [0.2, 0.25) is 5.91 Å². The summed E-state index contributed by atoms with van der Waals surface area (Å²) in [5.74, 6) is -1.94. The largest absolute Gasteiger partial charge is 0.480 e. The number of nitrogens with one attached hydrogen (secondary N) is 1. The Labute approximate surface area is 164 Å². The Kier molecular flexibility index (Phi) is 7.88. The number of aliphatic carboxylic acids is 1. The number of fused-ring (bicyclic) bond motifs is 1. The van der Waals surface area contributed by atoms with Crippen molar-refractivity contribution >= 4 is 24.5 Å². The fourth-order valence-corrected chi connectivity index (χ4v) is 3.24. The van der Waals surface area contributed by atoms with Crippen LogP contribution in [0.4, 0.5) is 0 Å². The molecule has 1 aliphatic carbocycles. The lowest BCUT2D eigenvalue weighted by atomic mass is 9.88. The number of thiol groups is 1. The van der Waals surface area contributed by atoms with Gasteiger partial charge >= 0.3 is 5.97 Å². The van der Waals surface area contributed by atoms with E-state index in [4.69, 9.17) is 10.2 Å². The third-order valence-electron chi connectivity index (χ3n) is 4.63. The minimum atomic E-state index is -1.28. The topological polar surface area (TPSA) is 86.6 Å². The predicted molar refractivity (Wildman–Crippen MR) is 108 cm³/mol. The minimum absolute atomic E-state index is 0.0955. The number of carbonyl (C=O) groups excluding carboxylic acids is 1. The van der Waals surface area contributed by atoms with Crippen molar-refractivity contribution in [1.82, 2.24) is 5.32 Å². The Morgan fingerprint density at radius 1 is 1.07 bits per heavy atom. The summed E-state index contributed by atoms with van der Waals surface area (Å²) in [5.41, 5.74) is 4.04. The molecule has 0 bridgehead atoms. The molecule has 1 aliphatic rings. The van der Waals surface area contributed by atoms with Crippen LogP contribution in [-0.4, -0.2) is 40.5 Å². The van der Waals surface area contributed by atoms with Crippen LogP contribution in [0, 0.1) is 5.92 Å². The van der Waals surface area contributed by atoms with Crippen LogP contribution in [0.3, 0.4) is 0 Å². The van der Waals surface area contributed by atoms with E-state index in [1.807, 2.05) is 37.3 Å². The van der Waals surface area contributed by atoms with Crippen LogP contribution in [0.5, 0.6) is 0 Å². The molecule has 27 heavy (non-hydrogen) atoms. The first kappa shape index (κ1) is 21.0. The second-order valence-electron chi connectivity index (χ2n) is 6.52. The Balaban J connectivity index is 0.000000304. The molecule has 2 aromatic rings. The monoisotopic (exact) mass is 387 g/mol. The quantitative estimate of drug-likeness (QED) is 0.469. The Hall–Kier alpha value is -2.31. The Morgan fingerprint density at radius 2 is 1.63 bits per heavy atom. The van der Waals surface area contributed by atoms with E-state index in [9.17, 15) is 9.59 Å². The van der Waals surface area contributed by atoms with Crippen molar-refractivity contribution in [2.75, 3.05) is 12.4 Å². The van der Waals surface area contributed by atoms with Crippen molar-refractivity contribution in [2.24, 2.45) is 5.92 Å². The van der Waals surface area contributed by atoms with E-state index in [2.05, 4.69) is 42.2 Å². The Bertz CT molecular complexity index is 745. The van der Waals surface area contributed by atoms with Crippen LogP contribution in [0.15, 0.2) is 54.6 Å². The van der Waals surface area contributed by atoms with Crippen LogP contribution < -0.4 is 5.32 Å². The van der Waals surface area contributed by atoms with Gasteiger partial charge in [0.1, 0.15) is 6.04 Å². The second kappa shape index (κ2) is 10.1. The summed E-state index contributed by atoms with van der Waals surface area (Å²) >= 11 is 4.18. The summed E-state index contributed by atoms with van der Waals surface area (Å²) in [6.45, 7) is 1.25. The fourth-order valence-electron chi connectivity index (χ4n) is 2.76. The molecule has 3 atom stereocenters.